The van der Waals surface area contributed by atoms with Crippen LogP contribution in [-0.2, 0) is 20.0 Å². The summed E-state index contributed by atoms with van der Waals surface area (Å²) in [6, 6.07) is 10.5. The molecule has 0 atom stereocenters. The van der Waals surface area contributed by atoms with Crippen LogP contribution in [0.1, 0.15) is 23.2 Å². The molecule has 1 amide bonds. The quantitative estimate of drug-likeness (QED) is 0.513. The number of hydrogen-bond acceptors (Lipinski definition) is 6. The maximum Gasteiger partial charge on any atom is 0.252 e. The molecule has 1 aliphatic rings. The Hall–Kier alpha value is -2.34. The number of amides is 1. The number of nitrogens with zero attached hydrogens (tertiary/aromatic N) is 2. The van der Waals surface area contributed by atoms with E-state index in [0.29, 0.717) is 24.5 Å². The van der Waals surface area contributed by atoms with Crippen LogP contribution in [0.5, 0.6) is 5.75 Å². The largest absolute Gasteiger partial charge is 0.492 e. The summed E-state index contributed by atoms with van der Waals surface area (Å²) in [7, 11) is -5.58. The molecule has 180 valence electrons. The van der Waals surface area contributed by atoms with Crippen molar-refractivity contribution in [3.8, 4) is 5.75 Å². The van der Waals surface area contributed by atoms with Crippen LogP contribution in [0.2, 0.25) is 5.02 Å². The molecule has 9 nitrogen and oxygen atoms in total. The maximum atomic E-state index is 12.6. The lowest BCUT2D eigenvalue weighted by Gasteiger charge is -2.18. The van der Waals surface area contributed by atoms with Gasteiger partial charge in [0, 0.05) is 20.1 Å². The first-order valence-corrected chi connectivity index (χ1v) is 13.9. The fraction of sp³-hybridized carbons (Fsp3) is 0.381. The van der Waals surface area contributed by atoms with Gasteiger partial charge in [0.05, 0.1) is 34.0 Å². The first-order chi connectivity index (χ1) is 15.5. The van der Waals surface area contributed by atoms with Crippen LogP contribution in [0.4, 0.5) is 5.69 Å². The minimum absolute atomic E-state index is 0.140. The first kappa shape index (κ1) is 25.3. The van der Waals surface area contributed by atoms with Crippen molar-refractivity contribution >= 4 is 43.2 Å². The number of halogens is 1. The number of rotatable bonds is 9. The van der Waals surface area contributed by atoms with Gasteiger partial charge >= 0.3 is 0 Å². The van der Waals surface area contributed by atoms with E-state index in [1.807, 2.05) is 0 Å². The highest BCUT2D eigenvalue weighted by atomic mass is 35.5. The van der Waals surface area contributed by atoms with Crippen molar-refractivity contribution in [3.05, 3.63) is 53.1 Å². The molecule has 1 saturated heterocycles. The van der Waals surface area contributed by atoms with E-state index in [4.69, 9.17) is 16.3 Å². The van der Waals surface area contributed by atoms with Gasteiger partial charge in [-0.05, 0) is 55.3 Å². The second-order valence-corrected chi connectivity index (χ2v) is 11.9. The molecule has 1 heterocycles. The lowest BCUT2D eigenvalue weighted by atomic mass is 10.2. The van der Waals surface area contributed by atoms with Crippen molar-refractivity contribution in [2.24, 2.45) is 0 Å². The van der Waals surface area contributed by atoms with Crippen LogP contribution in [0.25, 0.3) is 0 Å². The van der Waals surface area contributed by atoms with Gasteiger partial charge in [-0.15, -0.1) is 0 Å². The van der Waals surface area contributed by atoms with Crippen LogP contribution >= 0.6 is 11.6 Å². The summed E-state index contributed by atoms with van der Waals surface area (Å²) in [5.74, 6) is -0.00108. The molecular weight excluding hydrogens is 490 g/mol. The number of nitrogens with one attached hydrogen (secondary N) is 1. The van der Waals surface area contributed by atoms with Crippen LogP contribution in [0.3, 0.4) is 0 Å². The highest BCUT2D eigenvalue weighted by Crippen LogP contribution is 2.25. The second kappa shape index (κ2) is 10.3. The molecule has 0 aromatic heterocycles. The van der Waals surface area contributed by atoms with Crippen molar-refractivity contribution in [2.75, 3.05) is 43.8 Å². The lowest BCUT2D eigenvalue weighted by Crippen LogP contribution is -2.29. The molecule has 0 bridgehead atoms. The van der Waals surface area contributed by atoms with E-state index in [-0.39, 0.29) is 28.6 Å². The third-order valence-electron chi connectivity index (χ3n) is 5.24. The van der Waals surface area contributed by atoms with Crippen LogP contribution in [0.15, 0.2) is 47.4 Å². The Morgan fingerprint density at radius 3 is 2.33 bits per heavy atom. The van der Waals surface area contributed by atoms with Crippen molar-refractivity contribution in [2.45, 2.75) is 17.7 Å². The topological polar surface area (TPSA) is 113 Å². The predicted molar refractivity (Wildman–Crippen MR) is 127 cm³/mol. The number of carbonyl (C=O) groups is 1. The number of anilines is 1. The van der Waals surface area contributed by atoms with Gasteiger partial charge in [0.1, 0.15) is 12.4 Å². The Labute approximate surface area is 199 Å². The maximum absolute atomic E-state index is 12.6. The molecule has 0 aliphatic carbocycles. The monoisotopic (exact) mass is 515 g/mol. The molecule has 33 heavy (non-hydrogen) atoms. The summed E-state index contributed by atoms with van der Waals surface area (Å²) >= 11 is 6.10. The normalized spacial score (nSPS) is 14.8. The molecule has 12 heteroatoms. The number of sulfonamides is 2. The van der Waals surface area contributed by atoms with Crippen molar-refractivity contribution in [3.63, 3.8) is 0 Å². The summed E-state index contributed by atoms with van der Waals surface area (Å²) in [6.07, 6.45) is 2.80. The van der Waals surface area contributed by atoms with E-state index in [1.165, 1.54) is 41.7 Å². The minimum atomic E-state index is -3.48. The average molecular weight is 516 g/mol. The Bertz CT molecular complexity index is 1210. The van der Waals surface area contributed by atoms with Crippen LogP contribution in [0, 0.1) is 0 Å². The van der Waals surface area contributed by atoms with Gasteiger partial charge in [0.2, 0.25) is 20.0 Å². The molecule has 1 fully saturated rings. The molecule has 0 radical (unpaired) electrons. The molecule has 2 aromatic rings. The minimum Gasteiger partial charge on any atom is -0.492 e. The molecule has 1 aliphatic heterocycles. The van der Waals surface area contributed by atoms with E-state index in [9.17, 15) is 21.6 Å². The summed E-state index contributed by atoms with van der Waals surface area (Å²) in [5, 5.41) is 2.86. The summed E-state index contributed by atoms with van der Waals surface area (Å²) in [5.41, 5.74) is 0.452. The van der Waals surface area contributed by atoms with Gasteiger partial charge < -0.3 is 10.1 Å². The van der Waals surface area contributed by atoms with Crippen LogP contribution in [-0.4, -0.2) is 66.6 Å². The SMILES string of the molecule is CN(c1ccc(Cl)c(C(=O)NCCOc2ccc(S(=O)(=O)N3CCCC3)cc2)c1)S(C)(=O)=O. The zero-order valence-corrected chi connectivity index (χ0v) is 20.7. The molecular formula is C21H26ClN3O6S2. The number of benzene rings is 2. The molecule has 3 rings (SSSR count). The third kappa shape index (κ3) is 6.17. The van der Waals surface area contributed by atoms with Gasteiger partial charge in [-0.1, -0.05) is 11.6 Å². The summed E-state index contributed by atoms with van der Waals surface area (Å²) in [6.45, 7) is 1.38. The van der Waals surface area contributed by atoms with Crippen LogP contribution < -0.4 is 14.4 Å². The van der Waals surface area contributed by atoms with Gasteiger partial charge in [-0.3, -0.25) is 9.10 Å². The van der Waals surface area contributed by atoms with Gasteiger partial charge in [0.25, 0.3) is 5.91 Å². The van der Waals surface area contributed by atoms with Crippen molar-refractivity contribution in [1.82, 2.24) is 9.62 Å². The van der Waals surface area contributed by atoms with Gasteiger partial charge in [-0.25, -0.2) is 16.8 Å². The average Bonchev–Trinajstić information content (AvgIpc) is 3.32. The van der Waals surface area contributed by atoms with E-state index < -0.39 is 26.0 Å². The Kier molecular flexibility index (Phi) is 7.88. The lowest BCUT2D eigenvalue weighted by molar-refractivity contribution is 0.0947. The van der Waals surface area contributed by atoms with Gasteiger partial charge in [-0.2, -0.15) is 4.31 Å². The Balaban J connectivity index is 1.54. The van der Waals surface area contributed by atoms with Crippen molar-refractivity contribution < 1.29 is 26.4 Å². The Morgan fingerprint density at radius 1 is 1.09 bits per heavy atom. The highest BCUT2D eigenvalue weighted by molar-refractivity contribution is 7.92. The molecule has 0 saturated carbocycles. The summed E-state index contributed by atoms with van der Waals surface area (Å²) in [4.78, 5) is 12.7. The molecule has 0 unspecified atom stereocenters. The van der Waals surface area contributed by atoms with E-state index in [1.54, 1.807) is 12.1 Å². The van der Waals surface area contributed by atoms with E-state index >= 15 is 0 Å². The smallest absolute Gasteiger partial charge is 0.252 e. The first-order valence-electron chi connectivity index (χ1n) is 10.2. The van der Waals surface area contributed by atoms with E-state index in [0.717, 1.165) is 23.4 Å². The standard InChI is InChI=1S/C21H26ClN3O6S2/c1-24(32(2,27)28)16-5-10-20(22)19(15-16)21(26)23-11-14-31-17-6-8-18(9-7-17)33(29,30)25-12-3-4-13-25/h5-10,15H,3-4,11-14H2,1-2H3,(H,23,26). The zero-order valence-electron chi connectivity index (χ0n) is 18.3. The second-order valence-electron chi connectivity index (χ2n) is 7.58. The van der Waals surface area contributed by atoms with E-state index in [2.05, 4.69) is 5.32 Å². The van der Waals surface area contributed by atoms with Gasteiger partial charge in [0.15, 0.2) is 0 Å². The summed E-state index contributed by atoms with van der Waals surface area (Å²) < 4.78 is 56.7. The fourth-order valence-corrected chi connectivity index (χ4v) is 5.51. The zero-order chi connectivity index (χ0) is 24.2. The highest BCUT2D eigenvalue weighted by Gasteiger charge is 2.27. The predicted octanol–water partition coefficient (Wildman–Crippen LogP) is 2.33. The van der Waals surface area contributed by atoms with Crippen molar-refractivity contribution in [1.29, 1.82) is 0 Å². The molecule has 1 N–H and O–H groups in total. The Morgan fingerprint density at radius 2 is 1.73 bits per heavy atom. The number of carbonyl (C=O) groups excluding carboxylic acids is 1. The molecule has 2 aromatic carbocycles. The number of hydrogen-bond donors (Lipinski definition) is 1. The molecule has 0 spiro atoms. The third-order valence-corrected chi connectivity index (χ3v) is 8.69. The fourth-order valence-electron chi connectivity index (χ4n) is 3.29. The number of ether oxygens (including phenoxy) is 1.